The summed E-state index contributed by atoms with van der Waals surface area (Å²) in [7, 11) is -8.62. The predicted octanol–water partition coefficient (Wildman–Crippen LogP) is 4.98. The minimum Gasteiger partial charge on any atom is -0.445 e. The number of aromatic nitrogens is 1. The molecule has 0 unspecified atom stereocenters. The number of hydrogen-bond acceptors (Lipinski definition) is 8. The maximum Gasteiger partial charge on any atom is 0.573 e. The Labute approximate surface area is 240 Å². The van der Waals surface area contributed by atoms with Crippen LogP contribution in [0.3, 0.4) is 0 Å². The van der Waals surface area contributed by atoms with E-state index in [0.717, 1.165) is 38.4 Å². The van der Waals surface area contributed by atoms with Crippen molar-refractivity contribution in [2.45, 2.75) is 30.0 Å². The molecule has 0 amide bonds. The van der Waals surface area contributed by atoms with Gasteiger partial charge in [0, 0.05) is 17.3 Å². The van der Waals surface area contributed by atoms with Gasteiger partial charge in [-0.3, -0.25) is 9.10 Å². The van der Waals surface area contributed by atoms with Gasteiger partial charge in [0.1, 0.15) is 5.75 Å². The van der Waals surface area contributed by atoms with E-state index in [9.17, 15) is 34.8 Å². The topological polar surface area (TPSA) is 123 Å². The van der Waals surface area contributed by atoms with Gasteiger partial charge < -0.3 is 9.47 Å². The summed E-state index contributed by atoms with van der Waals surface area (Å²) in [5.41, 5.74) is 0.900. The highest BCUT2D eigenvalue weighted by Gasteiger charge is 2.33. The SMILES string of the molecule is CCN(c1cnc(N(COC=O)S(=O)(=O)c2ccc(C)cc2)c2ccccc12)S(=O)(=O)c1ccc(OC(F)(F)F)cc1. The number of hydrogen-bond donors (Lipinski definition) is 0. The van der Waals surface area contributed by atoms with Crippen molar-refractivity contribution in [1.29, 1.82) is 0 Å². The lowest BCUT2D eigenvalue weighted by molar-refractivity contribution is -0.274. The van der Waals surface area contributed by atoms with E-state index < -0.39 is 38.9 Å². The molecule has 10 nitrogen and oxygen atoms in total. The molecular weight excluding hydrogens is 599 g/mol. The van der Waals surface area contributed by atoms with Crippen LogP contribution in [0, 0.1) is 6.92 Å². The molecule has 0 radical (unpaired) electrons. The number of rotatable bonds is 11. The number of carbonyl (C=O) groups is 1. The zero-order valence-electron chi connectivity index (χ0n) is 22.1. The quantitative estimate of drug-likeness (QED) is 0.169. The van der Waals surface area contributed by atoms with Crippen LogP contribution >= 0.6 is 0 Å². The Morgan fingerprint density at radius 3 is 1.93 bits per heavy atom. The van der Waals surface area contributed by atoms with Crippen LogP contribution in [0.1, 0.15) is 12.5 Å². The van der Waals surface area contributed by atoms with E-state index in [2.05, 4.69) is 9.72 Å². The Bertz CT molecular complexity index is 1800. The van der Waals surface area contributed by atoms with Crippen molar-refractivity contribution in [2.24, 2.45) is 0 Å². The summed E-state index contributed by atoms with van der Waals surface area (Å²) in [6, 6.07) is 16.0. The Morgan fingerprint density at radius 2 is 1.38 bits per heavy atom. The molecule has 0 bridgehead atoms. The molecule has 0 aliphatic heterocycles. The molecule has 1 heterocycles. The van der Waals surface area contributed by atoms with E-state index in [1.807, 2.05) is 0 Å². The zero-order chi connectivity index (χ0) is 30.7. The second-order valence-corrected chi connectivity index (χ2v) is 12.5. The first-order chi connectivity index (χ1) is 19.8. The van der Waals surface area contributed by atoms with E-state index in [4.69, 9.17) is 4.74 Å². The molecule has 0 fully saturated rings. The van der Waals surface area contributed by atoms with E-state index >= 15 is 0 Å². The summed E-state index contributed by atoms with van der Waals surface area (Å²) in [5.74, 6) is -0.715. The molecule has 0 spiro atoms. The number of nitrogens with zero attached hydrogens (tertiary/aromatic N) is 3. The number of sulfonamides is 2. The molecule has 15 heteroatoms. The van der Waals surface area contributed by atoms with Crippen molar-refractivity contribution in [3.8, 4) is 5.75 Å². The molecule has 42 heavy (non-hydrogen) atoms. The first kappa shape index (κ1) is 30.6. The number of fused-ring (bicyclic) bond motifs is 1. The fourth-order valence-electron chi connectivity index (χ4n) is 4.15. The number of aryl methyl sites for hydroxylation is 1. The molecule has 4 rings (SSSR count). The summed E-state index contributed by atoms with van der Waals surface area (Å²) in [6.07, 6.45) is -3.78. The summed E-state index contributed by atoms with van der Waals surface area (Å²) < 4.78 is 103. The van der Waals surface area contributed by atoms with Crippen LogP contribution < -0.4 is 13.3 Å². The van der Waals surface area contributed by atoms with E-state index in [0.29, 0.717) is 5.39 Å². The third kappa shape index (κ3) is 6.26. The van der Waals surface area contributed by atoms with Gasteiger partial charge in [-0.05, 0) is 50.2 Å². The van der Waals surface area contributed by atoms with Gasteiger partial charge in [0.05, 0.1) is 21.7 Å². The summed E-state index contributed by atoms with van der Waals surface area (Å²) in [6.45, 7) is 2.61. The van der Waals surface area contributed by atoms with Gasteiger partial charge >= 0.3 is 6.36 Å². The number of ether oxygens (including phenoxy) is 2. The molecule has 0 saturated carbocycles. The highest BCUT2D eigenvalue weighted by atomic mass is 32.2. The molecule has 4 aromatic rings. The lowest BCUT2D eigenvalue weighted by Crippen LogP contribution is -2.35. The minimum atomic E-state index is -4.94. The average Bonchev–Trinajstić information content (AvgIpc) is 2.94. The van der Waals surface area contributed by atoms with Gasteiger partial charge in [0.15, 0.2) is 12.5 Å². The molecule has 0 aliphatic carbocycles. The first-order valence-electron chi connectivity index (χ1n) is 12.2. The summed E-state index contributed by atoms with van der Waals surface area (Å²) in [5, 5.41) is 0.517. The number of pyridine rings is 1. The Balaban J connectivity index is 1.82. The van der Waals surface area contributed by atoms with Crippen LogP contribution in [0.2, 0.25) is 0 Å². The number of anilines is 2. The molecule has 0 N–H and O–H groups in total. The number of benzene rings is 3. The van der Waals surface area contributed by atoms with E-state index in [1.165, 1.54) is 24.4 Å². The van der Waals surface area contributed by atoms with Crippen molar-refractivity contribution < 1.29 is 44.3 Å². The molecule has 0 aliphatic rings. The third-order valence-corrected chi connectivity index (χ3v) is 9.69. The highest BCUT2D eigenvalue weighted by Crippen LogP contribution is 2.37. The molecule has 0 saturated heterocycles. The fraction of sp³-hybridized carbons (Fsp3) is 0.185. The van der Waals surface area contributed by atoms with Gasteiger partial charge in [0.2, 0.25) is 0 Å². The maximum absolute atomic E-state index is 13.6. The van der Waals surface area contributed by atoms with Crippen LogP contribution in [0.5, 0.6) is 5.75 Å². The normalized spacial score (nSPS) is 12.1. The van der Waals surface area contributed by atoms with Gasteiger partial charge in [-0.1, -0.05) is 42.0 Å². The van der Waals surface area contributed by atoms with E-state index in [1.54, 1.807) is 44.2 Å². The molecule has 222 valence electrons. The molecule has 1 aromatic heterocycles. The second-order valence-electron chi connectivity index (χ2n) is 8.76. The number of alkyl halides is 3. The zero-order valence-corrected chi connectivity index (χ0v) is 23.8. The molecule has 0 atom stereocenters. The fourth-order valence-corrected chi connectivity index (χ4v) is 6.94. The monoisotopic (exact) mass is 623 g/mol. The van der Waals surface area contributed by atoms with Crippen LogP contribution in [-0.4, -0.2) is 47.9 Å². The van der Waals surface area contributed by atoms with Crippen LogP contribution in [0.4, 0.5) is 24.7 Å². The Hall–Kier alpha value is -4.37. The number of carbonyl (C=O) groups excluding carboxylic acids is 1. The Kier molecular flexibility index (Phi) is 8.63. The molecule has 3 aromatic carbocycles. The van der Waals surface area contributed by atoms with Crippen LogP contribution in [0.15, 0.2) is 88.8 Å². The third-order valence-electron chi connectivity index (χ3n) is 6.06. The van der Waals surface area contributed by atoms with Gasteiger partial charge in [0.25, 0.3) is 26.5 Å². The average molecular weight is 624 g/mol. The minimum absolute atomic E-state index is 0.0801. The Morgan fingerprint density at radius 1 is 0.833 bits per heavy atom. The smallest absolute Gasteiger partial charge is 0.445 e. The second kappa shape index (κ2) is 11.9. The molecular formula is C27H24F3N3O7S2. The summed E-state index contributed by atoms with van der Waals surface area (Å²) in [4.78, 5) is 14.9. The van der Waals surface area contributed by atoms with Crippen molar-refractivity contribution in [3.63, 3.8) is 0 Å². The lowest BCUT2D eigenvalue weighted by atomic mass is 10.1. The van der Waals surface area contributed by atoms with Gasteiger partial charge in [-0.2, -0.15) is 0 Å². The van der Waals surface area contributed by atoms with Crippen molar-refractivity contribution in [3.05, 3.63) is 84.6 Å². The van der Waals surface area contributed by atoms with Crippen LogP contribution in [-0.2, 0) is 29.6 Å². The van der Waals surface area contributed by atoms with Crippen molar-refractivity contribution in [1.82, 2.24) is 4.98 Å². The van der Waals surface area contributed by atoms with Gasteiger partial charge in [-0.15, -0.1) is 13.2 Å². The first-order valence-corrected chi connectivity index (χ1v) is 15.1. The highest BCUT2D eigenvalue weighted by molar-refractivity contribution is 7.93. The van der Waals surface area contributed by atoms with Crippen LogP contribution in [0.25, 0.3) is 10.8 Å². The predicted molar refractivity (Wildman–Crippen MR) is 148 cm³/mol. The van der Waals surface area contributed by atoms with Crippen molar-refractivity contribution >= 4 is 48.8 Å². The van der Waals surface area contributed by atoms with Crippen molar-refractivity contribution in [2.75, 3.05) is 21.9 Å². The largest absolute Gasteiger partial charge is 0.573 e. The standard InChI is InChI=1S/C27H24F3N3O7S2/c1-3-32(41(35,36)22-14-10-20(11-15-22)40-27(28,29)30)25-16-31-26(24-7-5-4-6-23(24)25)33(17-39-18-34)42(37,38)21-12-8-19(2)9-13-21/h4-16,18H,3,17H2,1-2H3. The lowest BCUT2D eigenvalue weighted by Gasteiger charge is -2.27. The number of halogens is 3. The maximum atomic E-state index is 13.6. The summed E-state index contributed by atoms with van der Waals surface area (Å²) >= 11 is 0. The van der Waals surface area contributed by atoms with Gasteiger partial charge in [-0.25, -0.2) is 26.1 Å². The van der Waals surface area contributed by atoms with E-state index in [-0.39, 0.29) is 39.7 Å².